The van der Waals surface area contributed by atoms with Gasteiger partial charge in [-0.2, -0.15) is 0 Å². The van der Waals surface area contributed by atoms with E-state index in [0.717, 1.165) is 0 Å². The second-order valence-corrected chi connectivity index (χ2v) is 4.88. The second kappa shape index (κ2) is 5.79. The van der Waals surface area contributed by atoms with Crippen LogP contribution in [-0.2, 0) is 0 Å². The van der Waals surface area contributed by atoms with E-state index in [1.54, 1.807) is 36.4 Å². The maximum atomic E-state index is 12.2. The first-order chi connectivity index (χ1) is 10.8. The predicted octanol–water partition coefficient (Wildman–Crippen LogP) is 4.85. The van der Waals surface area contributed by atoms with E-state index in [4.69, 9.17) is 0 Å². The van der Waals surface area contributed by atoms with Gasteiger partial charge in [-0.3, -0.25) is 0 Å². The first-order valence-corrected chi connectivity index (χ1v) is 6.97. The first kappa shape index (κ1) is 14.0. The van der Waals surface area contributed by atoms with Crippen LogP contribution in [0.3, 0.4) is 0 Å². The molecule has 4 nitrogen and oxygen atoms in total. The van der Waals surface area contributed by atoms with Crippen LogP contribution in [0.4, 0.5) is 17.1 Å². The molecular weight excluding hydrogens is 276 g/mol. The van der Waals surface area contributed by atoms with Crippen LogP contribution in [0.2, 0.25) is 0 Å². The summed E-state index contributed by atoms with van der Waals surface area (Å²) < 4.78 is -0.553. The first-order valence-electron chi connectivity index (χ1n) is 6.97. The smallest absolute Gasteiger partial charge is 0.206 e. The molecule has 3 aromatic rings. The fourth-order valence-electron chi connectivity index (χ4n) is 2.66. The Labute approximate surface area is 128 Å². The molecule has 0 spiro atoms. The van der Waals surface area contributed by atoms with Crippen LogP contribution in [0.1, 0.15) is 0 Å². The van der Waals surface area contributed by atoms with Gasteiger partial charge in [0.1, 0.15) is 0 Å². The lowest BCUT2D eigenvalue weighted by Crippen LogP contribution is -2.44. The minimum absolute atomic E-state index is 0.264. The third-order valence-corrected chi connectivity index (χ3v) is 3.63. The number of nitro groups is 1. The molecule has 0 unspecified atom stereocenters. The van der Waals surface area contributed by atoms with Crippen molar-refractivity contribution in [3.63, 3.8) is 0 Å². The van der Waals surface area contributed by atoms with Crippen LogP contribution in [0.5, 0.6) is 0 Å². The second-order valence-electron chi connectivity index (χ2n) is 4.88. The monoisotopic (exact) mass is 291 g/mol. The standard InChI is InChI=1S/C18H15N2O2/c21-19(22)20(16-10-4-1-5-11-16,17-12-6-2-7-13-17)18-14-8-3-9-15-18/h1-15H/q+1. The van der Waals surface area contributed by atoms with Gasteiger partial charge >= 0.3 is 0 Å². The number of para-hydroxylation sites is 3. The lowest BCUT2D eigenvalue weighted by Gasteiger charge is -2.25. The summed E-state index contributed by atoms with van der Waals surface area (Å²) in [4.78, 5) is 12.2. The number of hydrogen-bond acceptors (Lipinski definition) is 2. The van der Waals surface area contributed by atoms with Crippen molar-refractivity contribution in [3.8, 4) is 0 Å². The van der Waals surface area contributed by atoms with E-state index in [2.05, 4.69) is 0 Å². The zero-order valence-electron chi connectivity index (χ0n) is 11.9. The Hall–Kier alpha value is -2.98. The topological polar surface area (TPSA) is 43.1 Å². The third kappa shape index (κ3) is 2.16. The Morgan fingerprint density at radius 1 is 0.591 bits per heavy atom. The van der Waals surface area contributed by atoms with Crippen LogP contribution >= 0.6 is 0 Å². The number of hydrogen-bond donors (Lipinski definition) is 0. The normalized spacial score (nSPS) is 11.1. The zero-order chi connectivity index (χ0) is 15.4. The van der Waals surface area contributed by atoms with Crippen molar-refractivity contribution >= 4 is 17.1 Å². The maximum Gasteiger partial charge on any atom is 0.254 e. The Morgan fingerprint density at radius 2 is 0.864 bits per heavy atom. The Morgan fingerprint density at radius 3 is 1.09 bits per heavy atom. The summed E-state index contributed by atoms with van der Waals surface area (Å²) in [7, 11) is 0. The molecule has 0 atom stereocenters. The zero-order valence-corrected chi connectivity index (χ0v) is 11.9. The molecule has 0 radical (unpaired) electrons. The lowest BCUT2D eigenvalue weighted by molar-refractivity contribution is -0.605. The van der Waals surface area contributed by atoms with Crippen molar-refractivity contribution in [2.24, 2.45) is 0 Å². The van der Waals surface area contributed by atoms with Gasteiger partial charge in [-0.25, -0.2) is 10.1 Å². The van der Waals surface area contributed by atoms with Gasteiger partial charge in [0, 0.05) is 36.4 Å². The van der Waals surface area contributed by atoms with Gasteiger partial charge in [0.05, 0.1) is 4.59 Å². The largest absolute Gasteiger partial charge is 0.254 e. The number of benzene rings is 3. The highest BCUT2D eigenvalue weighted by molar-refractivity contribution is 5.67. The van der Waals surface area contributed by atoms with Gasteiger partial charge in [0.15, 0.2) is 0 Å². The molecule has 0 bridgehead atoms. The van der Waals surface area contributed by atoms with Crippen molar-refractivity contribution in [1.29, 1.82) is 0 Å². The molecule has 0 heterocycles. The SMILES string of the molecule is O=[N+]([O-])[N+](c1ccccc1)(c1ccccc1)c1ccccc1. The molecule has 0 aromatic heterocycles. The molecule has 4 heteroatoms. The van der Waals surface area contributed by atoms with Crippen molar-refractivity contribution < 1.29 is 5.03 Å². The maximum absolute atomic E-state index is 12.2. The van der Waals surface area contributed by atoms with Crippen LogP contribution in [0.15, 0.2) is 91.0 Å². The number of nitrogens with zero attached hydrogens (tertiary/aromatic N) is 2. The van der Waals surface area contributed by atoms with E-state index in [1.807, 2.05) is 54.6 Å². The van der Waals surface area contributed by atoms with Crippen molar-refractivity contribution in [2.75, 3.05) is 0 Å². The summed E-state index contributed by atoms with van der Waals surface area (Å²) in [6.45, 7) is 0. The molecule has 3 rings (SSSR count). The summed E-state index contributed by atoms with van der Waals surface area (Å²) in [6, 6.07) is 27.2. The summed E-state index contributed by atoms with van der Waals surface area (Å²) in [5.74, 6) is 0. The molecule has 0 aliphatic rings. The van der Waals surface area contributed by atoms with Crippen molar-refractivity contribution in [2.45, 2.75) is 0 Å². The number of rotatable bonds is 4. The van der Waals surface area contributed by atoms with E-state index in [1.165, 1.54) is 0 Å². The molecule has 3 aromatic carbocycles. The molecule has 0 N–H and O–H groups in total. The van der Waals surface area contributed by atoms with Crippen LogP contribution < -0.4 is 4.59 Å². The molecular formula is C18H15N2O2+. The molecule has 0 aliphatic heterocycles. The van der Waals surface area contributed by atoms with E-state index < -0.39 is 4.59 Å². The third-order valence-electron chi connectivity index (χ3n) is 3.63. The predicted molar refractivity (Wildman–Crippen MR) is 87.4 cm³/mol. The van der Waals surface area contributed by atoms with Gasteiger partial charge in [-0.05, 0) is 0 Å². The highest BCUT2D eigenvalue weighted by Crippen LogP contribution is 2.43. The summed E-state index contributed by atoms with van der Waals surface area (Å²) in [5, 5.41) is 11.9. The average molecular weight is 291 g/mol. The van der Waals surface area contributed by atoms with Gasteiger partial charge < -0.3 is 0 Å². The minimum atomic E-state index is -0.553. The van der Waals surface area contributed by atoms with E-state index >= 15 is 0 Å². The van der Waals surface area contributed by atoms with Crippen LogP contribution in [0, 0.1) is 10.1 Å². The van der Waals surface area contributed by atoms with Gasteiger partial charge in [-0.15, -0.1) is 0 Å². The fraction of sp³-hybridized carbons (Fsp3) is 0. The fourth-order valence-corrected chi connectivity index (χ4v) is 2.66. The molecule has 22 heavy (non-hydrogen) atoms. The van der Waals surface area contributed by atoms with E-state index in [9.17, 15) is 10.1 Å². The van der Waals surface area contributed by atoms with Gasteiger partial charge in [0.25, 0.3) is 5.03 Å². The van der Waals surface area contributed by atoms with Crippen LogP contribution in [0.25, 0.3) is 0 Å². The quantitative estimate of drug-likeness (QED) is 0.392. The van der Waals surface area contributed by atoms with Crippen LogP contribution in [-0.4, -0.2) is 5.03 Å². The molecule has 0 fully saturated rings. The van der Waals surface area contributed by atoms with E-state index in [0.29, 0.717) is 17.1 Å². The van der Waals surface area contributed by atoms with Gasteiger partial charge in [0.2, 0.25) is 17.1 Å². The summed E-state index contributed by atoms with van der Waals surface area (Å²) >= 11 is 0. The van der Waals surface area contributed by atoms with E-state index in [-0.39, 0.29) is 5.03 Å². The molecule has 0 saturated heterocycles. The molecule has 0 saturated carbocycles. The summed E-state index contributed by atoms with van der Waals surface area (Å²) in [5.41, 5.74) is 1.76. The Balaban J connectivity index is 2.37. The van der Waals surface area contributed by atoms with Crippen molar-refractivity contribution in [3.05, 3.63) is 101 Å². The molecule has 0 amide bonds. The Kier molecular flexibility index (Phi) is 3.68. The molecule has 0 aliphatic carbocycles. The highest BCUT2D eigenvalue weighted by atomic mass is 16.7. The van der Waals surface area contributed by atoms with Gasteiger partial charge in [-0.1, -0.05) is 54.6 Å². The minimum Gasteiger partial charge on any atom is -0.206 e. The highest BCUT2D eigenvalue weighted by Gasteiger charge is 2.48. The van der Waals surface area contributed by atoms with Crippen molar-refractivity contribution in [1.82, 2.24) is 4.59 Å². The Bertz CT molecular complexity index is 662. The number of quaternary nitrogens is 1. The average Bonchev–Trinajstić information content (AvgIpc) is 2.58. The lowest BCUT2D eigenvalue weighted by atomic mass is 10.1. The molecule has 108 valence electrons. The summed E-state index contributed by atoms with van der Waals surface area (Å²) in [6.07, 6.45) is 0.